The summed E-state index contributed by atoms with van der Waals surface area (Å²) in [5, 5.41) is 24.7. The topological polar surface area (TPSA) is 131 Å². The molecule has 1 fully saturated rings. The minimum Gasteiger partial charge on any atom is -0.377 e. The highest BCUT2D eigenvalue weighted by Crippen LogP contribution is 2.33. The van der Waals surface area contributed by atoms with E-state index in [4.69, 9.17) is 12.2 Å². The molecule has 3 aromatic rings. The van der Waals surface area contributed by atoms with Crippen molar-refractivity contribution in [3.63, 3.8) is 0 Å². The number of rotatable bonds is 8. The third-order valence-electron chi connectivity index (χ3n) is 4.68. The van der Waals surface area contributed by atoms with Gasteiger partial charge in [-0.25, -0.2) is 4.98 Å². The number of thiazole rings is 1. The van der Waals surface area contributed by atoms with Crippen LogP contribution in [0.5, 0.6) is 0 Å². The molecule has 1 amide bonds. The second-order valence-electron chi connectivity index (χ2n) is 7.05. The van der Waals surface area contributed by atoms with Crippen LogP contribution in [-0.4, -0.2) is 36.6 Å². The summed E-state index contributed by atoms with van der Waals surface area (Å²) in [7, 11) is 0. The van der Waals surface area contributed by atoms with Gasteiger partial charge in [-0.1, -0.05) is 17.4 Å². The summed E-state index contributed by atoms with van der Waals surface area (Å²) in [6, 6.07) is 4.66. The van der Waals surface area contributed by atoms with Crippen LogP contribution >= 0.6 is 23.6 Å². The third-order valence-corrected chi connectivity index (χ3v) is 6.06. The molecule has 0 atom stereocenters. The summed E-state index contributed by atoms with van der Waals surface area (Å²) in [5.74, 6) is 0.123. The number of carbonyl (C=O) groups excluding carboxylic acids is 1. The fourth-order valence-electron chi connectivity index (χ4n) is 3.01. The van der Waals surface area contributed by atoms with Crippen LogP contribution in [0.25, 0.3) is 10.7 Å². The summed E-state index contributed by atoms with van der Waals surface area (Å²) in [6.07, 6.45) is 3.68. The van der Waals surface area contributed by atoms with Crippen molar-refractivity contribution in [3.05, 3.63) is 57.0 Å². The molecule has 1 aliphatic rings. The molecule has 0 bridgehead atoms. The minimum atomic E-state index is -0.491. The Morgan fingerprint density at radius 1 is 1.52 bits per heavy atom. The van der Waals surface area contributed by atoms with Gasteiger partial charge in [-0.2, -0.15) is 5.10 Å². The Morgan fingerprint density at radius 2 is 2.29 bits per heavy atom. The largest absolute Gasteiger partial charge is 0.377 e. The average molecular weight is 458 g/mol. The van der Waals surface area contributed by atoms with Crippen molar-refractivity contribution < 1.29 is 9.72 Å². The predicted molar refractivity (Wildman–Crippen MR) is 121 cm³/mol. The van der Waals surface area contributed by atoms with E-state index in [1.54, 1.807) is 29.7 Å². The van der Waals surface area contributed by atoms with Crippen LogP contribution in [0.4, 0.5) is 16.5 Å². The quantitative estimate of drug-likeness (QED) is 0.199. The van der Waals surface area contributed by atoms with Crippen molar-refractivity contribution >= 4 is 46.0 Å². The van der Waals surface area contributed by atoms with E-state index in [-0.39, 0.29) is 17.3 Å². The highest BCUT2D eigenvalue weighted by atomic mass is 32.1. The lowest BCUT2D eigenvalue weighted by Gasteiger charge is -2.07. The molecule has 4 rings (SSSR count). The Kier molecular flexibility index (Phi) is 5.65. The number of nitrogens with one attached hydrogen (secondary N) is 3. The number of aryl methyl sites for hydroxylation is 1. The number of benzene rings is 1. The number of nitrogens with zero attached hydrogens (tertiary/aromatic N) is 4. The number of aromatic amines is 1. The van der Waals surface area contributed by atoms with Crippen molar-refractivity contribution in [1.29, 1.82) is 0 Å². The van der Waals surface area contributed by atoms with Gasteiger partial charge in [0.2, 0.25) is 0 Å². The SMILES string of the molecule is C=CCn1c(-c2sc(NC(=O)c3ccc(NC4CC4)c([N+](=O)[O-])c3)nc2C)n[nH]c1=S. The van der Waals surface area contributed by atoms with E-state index in [9.17, 15) is 14.9 Å². The van der Waals surface area contributed by atoms with E-state index >= 15 is 0 Å². The molecule has 0 aliphatic heterocycles. The van der Waals surface area contributed by atoms with Crippen LogP contribution in [0.2, 0.25) is 0 Å². The van der Waals surface area contributed by atoms with Crippen molar-refractivity contribution in [2.45, 2.75) is 32.4 Å². The van der Waals surface area contributed by atoms with Crippen LogP contribution in [0, 0.1) is 21.8 Å². The number of amides is 1. The van der Waals surface area contributed by atoms with Gasteiger partial charge >= 0.3 is 0 Å². The Hall–Kier alpha value is -3.38. The number of allylic oxidation sites excluding steroid dienone is 1. The molecule has 1 aromatic carbocycles. The highest BCUT2D eigenvalue weighted by molar-refractivity contribution is 7.71. The van der Waals surface area contributed by atoms with E-state index < -0.39 is 10.8 Å². The van der Waals surface area contributed by atoms with Gasteiger partial charge < -0.3 is 5.32 Å². The molecular formula is C19H19N7O3S2. The summed E-state index contributed by atoms with van der Waals surface area (Å²) in [6.45, 7) is 6.01. The Balaban J connectivity index is 1.58. The summed E-state index contributed by atoms with van der Waals surface area (Å²) in [5.41, 5.74) is 1.14. The number of hydrogen-bond donors (Lipinski definition) is 3. The molecule has 1 saturated carbocycles. The van der Waals surface area contributed by atoms with E-state index in [0.29, 0.717) is 33.7 Å². The number of nitro benzene ring substituents is 1. The van der Waals surface area contributed by atoms with E-state index in [1.807, 2.05) is 0 Å². The predicted octanol–water partition coefficient (Wildman–Crippen LogP) is 4.29. The number of aromatic nitrogens is 4. The smallest absolute Gasteiger partial charge is 0.293 e. The van der Waals surface area contributed by atoms with Crippen molar-refractivity contribution in [2.24, 2.45) is 0 Å². The molecule has 2 heterocycles. The molecule has 160 valence electrons. The number of anilines is 2. The summed E-state index contributed by atoms with van der Waals surface area (Å²) < 4.78 is 2.24. The van der Waals surface area contributed by atoms with Gasteiger partial charge in [0.15, 0.2) is 15.7 Å². The van der Waals surface area contributed by atoms with Gasteiger partial charge in [-0.3, -0.25) is 29.9 Å². The lowest BCUT2D eigenvalue weighted by Crippen LogP contribution is -2.13. The number of nitro groups is 1. The van der Waals surface area contributed by atoms with Gasteiger partial charge in [0, 0.05) is 24.2 Å². The Bertz CT molecular complexity index is 1240. The zero-order valence-electron chi connectivity index (χ0n) is 16.5. The van der Waals surface area contributed by atoms with Crippen LogP contribution in [0.15, 0.2) is 30.9 Å². The Labute approximate surface area is 186 Å². The number of hydrogen-bond acceptors (Lipinski definition) is 8. The molecule has 3 N–H and O–H groups in total. The van der Waals surface area contributed by atoms with Crippen LogP contribution < -0.4 is 10.6 Å². The zero-order chi connectivity index (χ0) is 22.1. The fraction of sp³-hybridized carbons (Fsp3) is 0.263. The van der Waals surface area contributed by atoms with E-state index in [2.05, 4.69) is 32.4 Å². The fourth-order valence-corrected chi connectivity index (χ4v) is 4.18. The lowest BCUT2D eigenvalue weighted by atomic mass is 10.1. The standard InChI is InChI=1S/C19H19N7O3S2/c1-3-8-25-16(23-24-19(25)30)15-10(2)20-18(31-15)22-17(27)11-4-7-13(21-12-5-6-12)14(9-11)26(28)29/h3-4,7,9,12,21H,1,5-6,8H2,2H3,(H,24,30)(H,20,22,27). The molecule has 1 aliphatic carbocycles. The average Bonchev–Trinajstić information content (AvgIpc) is 3.38. The first-order valence-electron chi connectivity index (χ1n) is 9.47. The molecule has 31 heavy (non-hydrogen) atoms. The van der Waals surface area contributed by atoms with Crippen LogP contribution in [0.1, 0.15) is 28.9 Å². The number of H-pyrrole nitrogens is 1. The molecule has 10 nitrogen and oxygen atoms in total. The van der Waals surface area contributed by atoms with Gasteiger partial charge in [0.1, 0.15) is 5.69 Å². The van der Waals surface area contributed by atoms with Crippen molar-refractivity contribution in [1.82, 2.24) is 19.7 Å². The molecule has 0 radical (unpaired) electrons. The highest BCUT2D eigenvalue weighted by Gasteiger charge is 2.26. The third kappa shape index (κ3) is 4.39. The first kappa shape index (κ1) is 20.9. The van der Waals surface area contributed by atoms with Gasteiger partial charge in [-0.05, 0) is 44.1 Å². The molecule has 12 heteroatoms. The van der Waals surface area contributed by atoms with E-state index in [1.165, 1.54) is 17.4 Å². The summed E-state index contributed by atoms with van der Waals surface area (Å²) >= 11 is 6.49. The maximum atomic E-state index is 12.7. The van der Waals surface area contributed by atoms with Gasteiger partial charge in [0.25, 0.3) is 11.6 Å². The monoisotopic (exact) mass is 457 g/mol. The van der Waals surface area contributed by atoms with Gasteiger partial charge in [0.05, 0.1) is 15.5 Å². The van der Waals surface area contributed by atoms with E-state index in [0.717, 1.165) is 17.7 Å². The second-order valence-corrected chi connectivity index (χ2v) is 8.43. The van der Waals surface area contributed by atoms with Crippen molar-refractivity contribution in [2.75, 3.05) is 10.6 Å². The maximum absolute atomic E-state index is 12.7. The Morgan fingerprint density at radius 3 is 2.97 bits per heavy atom. The summed E-state index contributed by atoms with van der Waals surface area (Å²) in [4.78, 5) is 28.8. The molecular weight excluding hydrogens is 438 g/mol. The number of carbonyl (C=O) groups is 1. The zero-order valence-corrected chi connectivity index (χ0v) is 18.2. The molecule has 0 unspecified atom stereocenters. The van der Waals surface area contributed by atoms with Crippen LogP contribution in [0.3, 0.4) is 0 Å². The minimum absolute atomic E-state index is 0.129. The first-order chi connectivity index (χ1) is 14.9. The maximum Gasteiger partial charge on any atom is 0.293 e. The lowest BCUT2D eigenvalue weighted by molar-refractivity contribution is -0.384. The normalized spacial score (nSPS) is 13.1. The van der Waals surface area contributed by atoms with Crippen molar-refractivity contribution in [3.8, 4) is 10.7 Å². The van der Waals surface area contributed by atoms with Crippen LogP contribution in [-0.2, 0) is 6.54 Å². The second kappa shape index (κ2) is 8.40. The van der Waals surface area contributed by atoms with Gasteiger partial charge in [-0.15, -0.1) is 6.58 Å². The first-order valence-corrected chi connectivity index (χ1v) is 10.7. The molecule has 0 saturated heterocycles. The molecule has 2 aromatic heterocycles. The molecule has 0 spiro atoms.